The molecule has 3 amide bonds. The van der Waals surface area contributed by atoms with E-state index in [2.05, 4.69) is 15.3 Å². The maximum atomic E-state index is 13.1. The minimum Gasteiger partial charge on any atom is -0.445 e. The maximum Gasteiger partial charge on any atom is 0.411 e. The zero-order valence-corrected chi connectivity index (χ0v) is 32.4. The van der Waals surface area contributed by atoms with E-state index in [0.29, 0.717) is 18.8 Å². The lowest BCUT2D eigenvalue weighted by Gasteiger charge is -2.40. The second-order valence-corrected chi connectivity index (χ2v) is 13.8. The van der Waals surface area contributed by atoms with E-state index in [1.165, 1.54) is 16.0 Å². The van der Waals surface area contributed by atoms with E-state index in [0.717, 1.165) is 11.1 Å². The highest BCUT2D eigenvalue weighted by Gasteiger charge is 2.40. The van der Waals surface area contributed by atoms with Crippen molar-refractivity contribution in [3.8, 4) is 0 Å². The lowest BCUT2D eigenvalue weighted by atomic mass is 10.0. The van der Waals surface area contributed by atoms with Gasteiger partial charge in [-0.3, -0.25) is 24.5 Å². The summed E-state index contributed by atoms with van der Waals surface area (Å²) in [7, 11) is 0. The number of hydrogen-bond acceptors (Lipinski definition) is 11. The van der Waals surface area contributed by atoms with E-state index >= 15 is 0 Å². The van der Waals surface area contributed by atoms with Crippen LogP contribution in [0, 0.1) is 0 Å². The van der Waals surface area contributed by atoms with Gasteiger partial charge in [-0.05, 0) is 56.2 Å². The van der Waals surface area contributed by atoms with Crippen LogP contribution in [-0.2, 0) is 27.4 Å². The molecule has 2 aliphatic heterocycles. The van der Waals surface area contributed by atoms with Crippen molar-refractivity contribution in [2.24, 2.45) is 0 Å². The van der Waals surface area contributed by atoms with Crippen molar-refractivity contribution in [3.63, 3.8) is 0 Å². The van der Waals surface area contributed by atoms with Crippen LogP contribution in [0.25, 0.3) is 0 Å². The number of nitrogens with zero attached hydrogens (tertiary/aromatic N) is 5. The number of nitrogens with one attached hydrogen (secondary N) is 1. The van der Waals surface area contributed by atoms with Crippen molar-refractivity contribution >= 4 is 42.3 Å². The number of hydrogen-bond donors (Lipinski definition) is 1. The first-order valence-electron chi connectivity index (χ1n) is 18.0. The molecule has 15 heteroatoms. The van der Waals surface area contributed by atoms with Gasteiger partial charge in [0.25, 0.3) is 0 Å². The van der Waals surface area contributed by atoms with Gasteiger partial charge >= 0.3 is 18.3 Å². The summed E-state index contributed by atoms with van der Waals surface area (Å²) in [4.78, 5) is 75.7. The number of Topliss-reactive ketones (excluding diaryl/α,β-unsaturated/α-hetero) is 2. The number of amides is 3. The molecule has 2 aromatic carbocycles. The molecule has 2 aliphatic rings. The van der Waals surface area contributed by atoms with Gasteiger partial charge in [-0.15, -0.1) is 12.4 Å². The standard InChI is InChI=1S/C23H27N3O5.C18H19N3O3.ClH/c1-23(2,3)31-22(29)26-14-13-25(21(28)30-16-17-9-5-4-6-10-17)15-19(26)20(27)18-11-7-8-12-24-18;22-17(15-8-4-5-9-19-15)16-12-21(11-10-20-16)18(23)24-13-14-6-2-1-3-7-14;/h4-12,19H,13-16H2,1-3H3;1-9,16,20H,10-13H2;1H. The second kappa shape index (κ2) is 20.7. The Hall–Kier alpha value is -5.86. The average Bonchev–Trinajstić information content (AvgIpc) is 3.22. The third-order valence-electron chi connectivity index (χ3n) is 8.56. The molecule has 1 N–H and O–H groups in total. The van der Waals surface area contributed by atoms with Gasteiger partial charge in [-0.1, -0.05) is 72.8 Å². The first kappa shape index (κ1) is 42.9. The predicted octanol–water partition coefficient (Wildman–Crippen LogP) is 5.82. The molecule has 2 unspecified atom stereocenters. The predicted molar refractivity (Wildman–Crippen MR) is 209 cm³/mol. The van der Waals surface area contributed by atoms with Crippen molar-refractivity contribution in [2.75, 3.05) is 39.3 Å². The topological polar surface area (TPSA) is 161 Å². The lowest BCUT2D eigenvalue weighted by molar-refractivity contribution is -0.00121. The Morgan fingerprint density at radius 1 is 0.643 bits per heavy atom. The Bertz CT molecular complexity index is 1880. The zero-order valence-electron chi connectivity index (χ0n) is 31.6. The molecule has 0 aliphatic carbocycles. The fourth-order valence-electron chi connectivity index (χ4n) is 5.79. The lowest BCUT2D eigenvalue weighted by Crippen LogP contribution is -2.60. The van der Waals surface area contributed by atoms with Gasteiger partial charge in [-0.2, -0.15) is 0 Å². The van der Waals surface area contributed by atoms with Gasteiger partial charge in [0.15, 0.2) is 5.78 Å². The number of halogens is 1. The Morgan fingerprint density at radius 3 is 1.64 bits per heavy atom. The monoisotopic (exact) mass is 786 g/mol. The fourth-order valence-corrected chi connectivity index (χ4v) is 5.79. The number of aromatic nitrogens is 2. The van der Waals surface area contributed by atoms with Crippen molar-refractivity contribution in [1.29, 1.82) is 0 Å². The minimum atomic E-state index is -0.914. The molecule has 2 saturated heterocycles. The average molecular weight is 787 g/mol. The summed E-state index contributed by atoms with van der Waals surface area (Å²) in [5.41, 5.74) is 1.71. The van der Waals surface area contributed by atoms with Crippen LogP contribution in [0.5, 0.6) is 0 Å². The minimum absolute atomic E-state index is 0. The molecule has 2 atom stereocenters. The molecule has 0 bridgehead atoms. The van der Waals surface area contributed by atoms with Crippen molar-refractivity contribution in [1.82, 2.24) is 30.0 Å². The number of piperazine rings is 2. The molecule has 0 saturated carbocycles. The highest BCUT2D eigenvalue weighted by molar-refractivity contribution is 6.00. The number of ether oxygens (including phenoxy) is 3. The van der Waals surface area contributed by atoms with E-state index in [-0.39, 0.29) is 69.1 Å². The number of pyridine rings is 2. The van der Waals surface area contributed by atoms with Crippen molar-refractivity contribution in [3.05, 3.63) is 132 Å². The molecule has 296 valence electrons. The van der Waals surface area contributed by atoms with E-state index in [4.69, 9.17) is 14.2 Å². The molecule has 56 heavy (non-hydrogen) atoms. The number of benzene rings is 2. The van der Waals surface area contributed by atoms with E-state index < -0.39 is 36.0 Å². The van der Waals surface area contributed by atoms with Crippen LogP contribution in [0.4, 0.5) is 14.4 Å². The molecule has 4 aromatic rings. The summed E-state index contributed by atoms with van der Waals surface area (Å²) in [6.07, 6.45) is 1.56. The van der Waals surface area contributed by atoms with E-state index in [1.807, 2.05) is 60.7 Å². The summed E-state index contributed by atoms with van der Waals surface area (Å²) in [5.74, 6) is -0.469. The summed E-state index contributed by atoms with van der Waals surface area (Å²) < 4.78 is 16.2. The normalized spacial score (nSPS) is 16.6. The molecule has 2 aromatic heterocycles. The van der Waals surface area contributed by atoms with Crippen LogP contribution >= 0.6 is 12.4 Å². The Morgan fingerprint density at radius 2 is 1.14 bits per heavy atom. The Kier molecular flexibility index (Phi) is 15.9. The highest BCUT2D eigenvalue weighted by Crippen LogP contribution is 2.20. The van der Waals surface area contributed by atoms with Gasteiger partial charge in [0.2, 0.25) is 5.78 Å². The zero-order chi connectivity index (χ0) is 39.2. The highest BCUT2D eigenvalue weighted by atomic mass is 35.5. The van der Waals surface area contributed by atoms with Crippen LogP contribution in [-0.4, -0.2) is 111 Å². The molecular formula is C41H47ClN6O8. The van der Waals surface area contributed by atoms with Gasteiger partial charge in [0.1, 0.15) is 36.2 Å². The van der Waals surface area contributed by atoms with Gasteiger partial charge in [0, 0.05) is 45.1 Å². The number of rotatable bonds is 8. The fraction of sp³-hybridized carbons (Fsp3) is 0.341. The summed E-state index contributed by atoms with van der Waals surface area (Å²) in [5, 5.41) is 3.14. The van der Waals surface area contributed by atoms with E-state index in [1.54, 1.807) is 68.3 Å². The smallest absolute Gasteiger partial charge is 0.411 e. The third kappa shape index (κ3) is 12.6. The summed E-state index contributed by atoms with van der Waals surface area (Å²) >= 11 is 0. The number of carbonyl (C=O) groups excluding carboxylic acids is 5. The molecule has 6 rings (SSSR count). The van der Waals surface area contributed by atoms with Crippen molar-refractivity contribution < 1.29 is 38.2 Å². The summed E-state index contributed by atoms with van der Waals surface area (Å²) in [6.45, 7) is 7.37. The quantitative estimate of drug-likeness (QED) is 0.169. The van der Waals surface area contributed by atoms with Crippen LogP contribution in [0.2, 0.25) is 0 Å². The first-order chi connectivity index (χ1) is 26.5. The number of carbonyl (C=O) groups is 5. The van der Waals surface area contributed by atoms with E-state index in [9.17, 15) is 24.0 Å². The maximum absolute atomic E-state index is 13.1. The van der Waals surface area contributed by atoms with Crippen LogP contribution in [0.15, 0.2) is 109 Å². The molecule has 14 nitrogen and oxygen atoms in total. The van der Waals surface area contributed by atoms with Gasteiger partial charge in [-0.25, -0.2) is 14.4 Å². The molecular weight excluding hydrogens is 740 g/mol. The third-order valence-corrected chi connectivity index (χ3v) is 8.56. The summed E-state index contributed by atoms with van der Waals surface area (Å²) in [6, 6.07) is 27.7. The largest absolute Gasteiger partial charge is 0.445 e. The molecule has 4 heterocycles. The Labute approximate surface area is 332 Å². The van der Waals surface area contributed by atoms with Crippen molar-refractivity contribution in [2.45, 2.75) is 51.7 Å². The van der Waals surface area contributed by atoms with Gasteiger partial charge < -0.3 is 29.3 Å². The molecule has 2 fully saturated rings. The number of ketones is 2. The second-order valence-electron chi connectivity index (χ2n) is 13.8. The van der Waals surface area contributed by atoms with Crippen LogP contribution in [0.3, 0.4) is 0 Å². The molecule has 0 spiro atoms. The molecule has 0 radical (unpaired) electrons. The van der Waals surface area contributed by atoms with Crippen LogP contribution in [0.1, 0.15) is 52.9 Å². The first-order valence-corrected chi connectivity index (χ1v) is 18.0. The Balaban J connectivity index is 0.000000252. The SMILES string of the molecule is CC(C)(C)OC(=O)N1CCN(C(=O)OCc2ccccc2)CC1C(=O)c1ccccn1.Cl.O=C(c1ccccn1)C1CN(C(=O)OCc2ccccc2)CCN1. The van der Waals surface area contributed by atoms with Gasteiger partial charge in [0.05, 0.1) is 12.6 Å². The van der Waals surface area contributed by atoms with Crippen LogP contribution < -0.4 is 5.32 Å².